The van der Waals surface area contributed by atoms with Gasteiger partial charge in [-0.1, -0.05) is 23.7 Å². The number of fused-ring (bicyclic) bond motifs is 1. The van der Waals surface area contributed by atoms with Crippen LogP contribution in [0.15, 0.2) is 36.4 Å². The molecule has 9 heteroatoms. The zero-order valence-electron chi connectivity index (χ0n) is 15.7. The Hall–Kier alpha value is -3.26. The van der Waals surface area contributed by atoms with E-state index < -0.39 is 29.9 Å². The van der Waals surface area contributed by atoms with E-state index in [0.29, 0.717) is 27.8 Å². The number of nitrogens with one attached hydrogen (secondary N) is 2. The second-order valence-electron chi connectivity index (χ2n) is 7.03. The number of carbonyl (C=O) groups excluding carboxylic acids is 3. The lowest BCUT2D eigenvalue weighted by Crippen LogP contribution is -2.42. The average molecular weight is 416 g/mol. The summed E-state index contributed by atoms with van der Waals surface area (Å²) in [7, 11) is 0. The topological polar surface area (TPSA) is 97.0 Å². The van der Waals surface area contributed by atoms with Crippen LogP contribution in [0.5, 0.6) is 11.5 Å². The average Bonchev–Trinajstić information content (AvgIpc) is 3.23. The highest BCUT2D eigenvalue weighted by Crippen LogP contribution is 2.37. The van der Waals surface area contributed by atoms with E-state index in [2.05, 4.69) is 10.6 Å². The highest BCUT2D eigenvalue weighted by Gasteiger charge is 2.49. The molecule has 2 aromatic carbocycles. The van der Waals surface area contributed by atoms with E-state index >= 15 is 0 Å². The van der Waals surface area contributed by atoms with Gasteiger partial charge < -0.3 is 20.1 Å². The second-order valence-corrected chi connectivity index (χ2v) is 7.43. The summed E-state index contributed by atoms with van der Waals surface area (Å²) in [5.74, 6) is 0.0298. The number of rotatable bonds is 4. The molecular formula is C20H18ClN3O5. The second kappa shape index (κ2) is 6.97. The summed E-state index contributed by atoms with van der Waals surface area (Å²) < 4.78 is 10.6. The maximum absolute atomic E-state index is 13.0. The molecule has 2 aromatic rings. The predicted octanol–water partition coefficient (Wildman–Crippen LogP) is 2.78. The van der Waals surface area contributed by atoms with Gasteiger partial charge in [-0.3, -0.25) is 14.5 Å². The van der Waals surface area contributed by atoms with Crippen LogP contribution in [0.4, 0.5) is 10.5 Å². The highest BCUT2D eigenvalue weighted by atomic mass is 35.5. The molecule has 2 aliphatic heterocycles. The van der Waals surface area contributed by atoms with Gasteiger partial charge in [-0.2, -0.15) is 0 Å². The SMILES string of the molecule is Cc1ccc(NC(=O)CN2C(=O)N[C@](C)(c3ccc4c(c3)OCO4)C2=O)cc1Cl. The van der Waals surface area contributed by atoms with Crippen molar-refractivity contribution < 1.29 is 23.9 Å². The molecule has 2 N–H and O–H groups in total. The lowest BCUT2D eigenvalue weighted by atomic mass is 9.91. The van der Waals surface area contributed by atoms with Crippen molar-refractivity contribution in [3.05, 3.63) is 52.5 Å². The third-order valence-electron chi connectivity index (χ3n) is 4.98. The number of aryl methyl sites for hydroxylation is 1. The number of hydrogen-bond acceptors (Lipinski definition) is 5. The van der Waals surface area contributed by atoms with Gasteiger partial charge in [0.05, 0.1) is 0 Å². The number of carbonyl (C=O) groups is 3. The van der Waals surface area contributed by atoms with Crippen molar-refractivity contribution in [2.75, 3.05) is 18.7 Å². The van der Waals surface area contributed by atoms with Crippen LogP contribution >= 0.6 is 11.6 Å². The molecule has 2 heterocycles. The number of nitrogens with zero attached hydrogens (tertiary/aromatic N) is 1. The molecule has 0 unspecified atom stereocenters. The van der Waals surface area contributed by atoms with Gasteiger partial charge in [-0.05, 0) is 49.2 Å². The van der Waals surface area contributed by atoms with Crippen LogP contribution in [0.2, 0.25) is 5.02 Å². The maximum Gasteiger partial charge on any atom is 0.325 e. The van der Waals surface area contributed by atoms with Gasteiger partial charge >= 0.3 is 6.03 Å². The molecule has 1 saturated heterocycles. The van der Waals surface area contributed by atoms with Crippen LogP contribution in [0.25, 0.3) is 0 Å². The van der Waals surface area contributed by atoms with E-state index in [1.165, 1.54) is 0 Å². The summed E-state index contributed by atoms with van der Waals surface area (Å²) in [6.07, 6.45) is 0. The largest absolute Gasteiger partial charge is 0.454 e. The molecule has 0 aromatic heterocycles. The molecule has 0 bridgehead atoms. The summed E-state index contributed by atoms with van der Waals surface area (Å²) in [5.41, 5.74) is 0.577. The fraction of sp³-hybridized carbons (Fsp3) is 0.250. The van der Waals surface area contributed by atoms with Gasteiger partial charge in [0.15, 0.2) is 11.5 Å². The maximum atomic E-state index is 13.0. The minimum absolute atomic E-state index is 0.102. The van der Waals surface area contributed by atoms with Crippen LogP contribution in [0.3, 0.4) is 0 Å². The molecule has 29 heavy (non-hydrogen) atoms. The molecule has 0 aliphatic carbocycles. The molecule has 8 nitrogen and oxygen atoms in total. The predicted molar refractivity (Wildman–Crippen MR) is 105 cm³/mol. The Balaban J connectivity index is 1.50. The third-order valence-corrected chi connectivity index (χ3v) is 5.39. The quantitative estimate of drug-likeness (QED) is 0.748. The zero-order valence-corrected chi connectivity index (χ0v) is 16.5. The zero-order chi connectivity index (χ0) is 20.8. The van der Waals surface area contributed by atoms with Crippen molar-refractivity contribution in [2.24, 2.45) is 0 Å². The van der Waals surface area contributed by atoms with E-state index in [1.54, 1.807) is 43.3 Å². The molecule has 0 radical (unpaired) electrons. The first kappa shape index (κ1) is 19.1. The number of amides is 4. The van der Waals surface area contributed by atoms with Crippen molar-refractivity contribution in [1.82, 2.24) is 10.2 Å². The van der Waals surface area contributed by atoms with Gasteiger partial charge in [-0.15, -0.1) is 0 Å². The van der Waals surface area contributed by atoms with Gasteiger partial charge in [0.25, 0.3) is 5.91 Å². The summed E-state index contributed by atoms with van der Waals surface area (Å²) in [6.45, 7) is 3.11. The van der Waals surface area contributed by atoms with E-state index in [1.807, 2.05) is 6.92 Å². The first-order valence-corrected chi connectivity index (χ1v) is 9.26. The molecule has 4 amide bonds. The Morgan fingerprint density at radius 1 is 1.21 bits per heavy atom. The van der Waals surface area contributed by atoms with E-state index in [9.17, 15) is 14.4 Å². The smallest absolute Gasteiger partial charge is 0.325 e. The normalized spacial score (nSPS) is 20.0. The van der Waals surface area contributed by atoms with Gasteiger partial charge in [0.2, 0.25) is 12.7 Å². The number of anilines is 1. The Kier molecular flexibility index (Phi) is 4.58. The van der Waals surface area contributed by atoms with Crippen LogP contribution in [-0.4, -0.2) is 36.1 Å². The summed E-state index contributed by atoms with van der Waals surface area (Å²) in [5, 5.41) is 5.82. The van der Waals surface area contributed by atoms with Crippen molar-refractivity contribution >= 4 is 35.1 Å². The van der Waals surface area contributed by atoms with Crippen molar-refractivity contribution in [1.29, 1.82) is 0 Å². The molecule has 150 valence electrons. The van der Waals surface area contributed by atoms with E-state index in [0.717, 1.165) is 10.5 Å². The number of imide groups is 1. The number of hydrogen-bond donors (Lipinski definition) is 2. The Morgan fingerprint density at radius 3 is 2.72 bits per heavy atom. The Morgan fingerprint density at radius 2 is 1.97 bits per heavy atom. The molecule has 2 aliphatic rings. The van der Waals surface area contributed by atoms with Crippen LogP contribution < -0.4 is 20.1 Å². The number of benzene rings is 2. The van der Waals surface area contributed by atoms with Gasteiger partial charge in [0, 0.05) is 10.7 Å². The molecule has 1 fully saturated rings. The third kappa shape index (κ3) is 3.36. The highest BCUT2D eigenvalue weighted by molar-refractivity contribution is 6.31. The van der Waals surface area contributed by atoms with Gasteiger partial charge in [-0.25, -0.2) is 4.79 Å². The molecule has 4 rings (SSSR count). The molecular weight excluding hydrogens is 398 g/mol. The fourth-order valence-corrected chi connectivity index (χ4v) is 3.44. The van der Waals surface area contributed by atoms with E-state index in [-0.39, 0.29) is 6.79 Å². The minimum Gasteiger partial charge on any atom is -0.454 e. The van der Waals surface area contributed by atoms with Gasteiger partial charge in [0.1, 0.15) is 12.1 Å². The van der Waals surface area contributed by atoms with E-state index in [4.69, 9.17) is 21.1 Å². The number of ether oxygens (including phenoxy) is 2. The van der Waals surface area contributed by atoms with Crippen molar-refractivity contribution in [3.63, 3.8) is 0 Å². The monoisotopic (exact) mass is 415 g/mol. The lowest BCUT2D eigenvalue weighted by molar-refractivity contribution is -0.133. The molecule has 0 spiro atoms. The standard InChI is InChI=1S/C20H18ClN3O5/c1-11-3-5-13(8-14(11)21)22-17(25)9-24-18(26)20(2,23-19(24)27)12-4-6-15-16(7-12)29-10-28-15/h3-8H,9-10H2,1-2H3,(H,22,25)(H,23,27)/t20-/m1/s1. The number of halogens is 1. The Bertz CT molecular complexity index is 1040. The fourth-order valence-electron chi connectivity index (χ4n) is 3.26. The first-order valence-electron chi connectivity index (χ1n) is 8.88. The minimum atomic E-state index is -1.31. The summed E-state index contributed by atoms with van der Waals surface area (Å²) in [6, 6.07) is 9.44. The lowest BCUT2D eigenvalue weighted by Gasteiger charge is -2.22. The molecule has 1 atom stereocenters. The molecule has 0 saturated carbocycles. The van der Waals surface area contributed by atoms with Crippen LogP contribution in [0.1, 0.15) is 18.1 Å². The van der Waals surface area contributed by atoms with Crippen molar-refractivity contribution in [2.45, 2.75) is 19.4 Å². The Labute approximate surface area is 171 Å². The number of urea groups is 1. The van der Waals surface area contributed by atoms with Crippen LogP contribution in [-0.2, 0) is 15.1 Å². The summed E-state index contributed by atoms with van der Waals surface area (Å²) in [4.78, 5) is 38.7. The first-order chi connectivity index (χ1) is 13.8. The van der Waals surface area contributed by atoms with Crippen LogP contribution in [0, 0.1) is 6.92 Å². The van der Waals surface area contributed by atoms with Crippen molar-refractivity contribution in [3.8, 4) is 11.5 Å². The summed E-state index contributed by atoms with van der Waals surface area (Å²) >= 11 is 6.06.